The van der Waals surface area contributed by atoms with E-state index in [0.717, 1.165) is 17.9 Å². The molecule has 0 N–H and O–H groups in total. The Labute approximate surface area is 104 Å². The molecule has 17 heavy (non-hydrogen) atoms. The van der Waals surface area contributed by atoms with E-state index in [4.69, 9.17) is 9.15 Å². The smallest absolute Gasteiger partial charge is 0.276 e. The zero-order valence-corrected chi connectivity index (χ0v) is 10.4. The highest BCUT2D eigenvalue weighted by molar-refractivity contribution is 7.99. The number of aromatic nitrogens is 2. The number of hydrogen-bond acceptors (Lipinski definition) is 5. The topological polar surface area (TPSA) is 48.2 Å². The van der Waals surface area contributed by atoms with Gasteiger partial charge in [-0.1, -0.05) is 30.0 Å². The molecule has 5 heteroatoms. The number of benzene rings is 1. The van der Waals surface area contributed by atoms with Gasteiger partial charge in [0.2, 0.25) is 5.89 Å². The molecule has 0 spiro atoms. The lowest BCUT2D eigenvalue weighted by molar-refractivity contribution is 0.164. The maximum absolute atomic E-state index is 5.54. The Balaban J connectivity index is 1.92. The molecule has 0 bridgehead atoms. The molecule has 2 rings (SSSR count). The molecule has 4 nitrogen and oxygen atoms in total. The van der Waals surface area contributed by atoms with Crippen LogP contribution in [0, 0.1) is 0 Å². The molecule has 1 aromatic heterocycles. The highest BCUT2D eigenvalue weighted by Gasteiger charge is 2.07. The summed E-state index contributed by atoms with van der Waals surface area (Å²) in [6.07, 6.45) is 0. The first-order valence-corrected chi connectivity index (χ1v) is 6.48. The van der Waals surface area contributed by atoms with Gasteiger partial charge in [-0.3, -0.25) is 0 Å². The predicted molar refractivity (Wildman–Crippen MR) is 67.0 cm³/mol. The molecule has 0 aliphatic rings. The van der Waals surface area contributed by atoms with Gasteiger partial charge in [0.25, 0.3) is 5.22 Å². The lowest BCUT2D eigenvalue weighted by atomic mass is 10.2. The van der Waals surface area contributed by atoms with Crippen LogP contribution >= 0.6 is 11.8 Å². The fraction of sp³-hybridized carbons (Fsp3) is 0.333. The van der Waals surface area contributed by atoms with Gasteiger partial charge >= 0.3 is 0 Å². The third-order valence-electron chi connectivity index (χ3n) is 2.08. The maximum Gasteiger partial charge on any atom is 0.276 e. The molecule has 0 aliphatic heterocycles. The van der Waals surface area contributed by atoms with Crippen molar-refractivity contribution in [2.24, 2.45) is 0 Å². The van der Waals surface area contributed by atoms with Gasteiger partial charge in [-0.25, -0.2) is 0 Å². The van der Waals surface area contributed by atoms with Gasteiger partial charge in [-0.15, -0.1) is 10.2 Å². The minimum atomic E-state index is 0.560. The summed E-state index contributed by atoms with van der Waals surface area (Å²) in [7, 11) is 0. The first kappa shape index (κ1) is 12.1. The molecule has 0 unspecified atom stereocenters. The van der Waals surface area contributed by atoms with Crippen molar-refractivity contribution in [1.29, 1.82) is 0 Å². The SMILES string of the molecule is CCOCCSc1nnc(-c2ccccc2)o1. The Kier molecular flexibility index (Phi) is 4.58. The van der Waals surface area contributed by atoms with E-state index in [1.165, 1.54) is 11.8 Å². The number of ether oxygens (including phenoxy) is 1. The zero-order chi connectivity index (χ0) is 11.9. The van der Waals surface area contributed by atoms with Gasteiger partial charge in [0.1, 0.15) is 0 Å². The van der Waals surface area contributed by atoms with Gasteiger partial charge in [0.15, 0.2) is 0 Å². The van der Waals surface area contributed by atoms with Crippen molar-refractivity contribution in [2.45, 2.75) is 12.1 Å². The van der Waals surface area contributed by atoms with Crippen LogP contribution in [0.4, 0.5) is 0 Å². The monoisotopic (exact) mass is 250 g/mol. The average molecular weight is 250 g/mol. The summed E-state index contributed by atoms with van der Waals surface area (Å²) < 4.78 is 10.8. The third kappa shape index (κ3) is 3.57. The number of rotatable bonds is 6. The summed E-state index contributed by atoms with van der Waals surface area (Å²) in [6, 6.07) is 9.74. The van der Waals surface area contributed by atoms with Crippen LogP contribution < -0.4 is 0 Å². The van der Waals surface area contributed by atoms with Crippen LogP contribution in [0.5, 0.6) is 0 Å². The summed E-state index contributed by atoms with van der Waals surface area (Å²) >= 11 is 1.51. The minimum absolute atomic E-state index is 0.560. The van der Waals surface area contributed by atoms with Crippen molar-refractivity contribution in [3.63, 3.8) is 0 Å². The summed E-state index contributed by atoms with van der Waals surface area (Å²) in [4.78, 5) is 0. The van der Waals surface area contributed by atoms with Crippen LogP contribution in [0.1, 0.15) is 6.92 Å². The molecular weight excluding hydrogens is 236 g/mol. The summed E-state index contributed by atoms with van der Waals surface area (Å²) in [5.41, 5.74) is 0.941. The van der Waals surface area contributed by atoms with Crippen molar-refractivity contribution in [3.8, 4) is 11.5 Å². The zero-order valence-electron chi connectivity index (χ0n) is 9.63. The first-order valence-electron chi connectivity index (χ1n) is 5.49. The van der Waals surface area contributed by atoms with Crippen LogP contribution in [-0.4, -0.2) is 29.2 Å². The Morgan fingerprint density at radius 2 is 2.06 bits per heavy atom. The van der Waals surface area contributed by atoms with Crippen LogP contribution in [0.2, 0.25) is 0 Å². The Bertz CT molecular complexity index is 445. The van der Waals surface area contributed by atoms with Crippen LogP contribution in [0.3, 0.4) is 0 Å². The molecule has 1 heterocycles. The molecular formula is C12H14N2O2S. The Morgan fingerprint density at radius 1 is 1.24 bits per heavy atom. The molecule has 0 saturated carbocycles. The van der Waals surface area contributed by atoms with Crippen molar-refractivity contribution in [1.82, 2.24) is 10.2 Å². The van der Waals surface area contributed by atoms with E-state index in [9.17, 15) is 0 Å². The lowest BCUT2D eigenvalue weighted by Gasteiger charge is -1.97. The van der Waals surface area contributed by atoms with E-state index >= 15 is 0 Å². The minimum Gasteiger partial charge on any atom is -0.411 e. The van der Waals surface area contributed by atoms with Crippen molar-refractivity contribution >= 4 is 11.8 Å². The van der Waals surface area contributed by atoms with E-state index in [1.807, 2.05) is 37.3 Å². The van der Waals surface area contributed by atoms with Gasteiger partial charge < -0.3 is 9.15 Å². The fourth-order valence-electron chi connectivity index (χ4n) is 1.30. The van der Waals surface area contributed by atoms with Crippen molar-refractivity contribution in [3.05, 3.63) is 30.3 Å². The summed E-state index contributed by atoms with van der Waals surface area (Å²) in [6.45, 7) is 3.41. The van der Waals surface area contributed by atoms with E-state index < -0.39 is 0 Å². The highest BCUT2D eigenvalue weighted by atomic mass is 32.2. The van der Waals surface area contributed by atoms with Gasteiger partial charge in [0.05, 0.1) is 6.61 Å². The third-order valence-corrected chi connectivity index (χ3v) is 2.87. The van der Waals surface area contributed by atoms with Crippen LogP contribution in [0.25, 0.3) is 11.5 Å². The van der Waals surface area contributed by atoms with Crippen LogP contribution in [0.15, 0.2) is 40.0 Å². The van der Waals surface area contributed by atoms with Gasteiger partial charge in [-0.2, -0.15) is 0 Å². The van der Waals surface area contributed by atoms with Crippen LogP contribution in [-0.2, 0) is 4.74 Å². The first-order chi connectivity index (χ1) is 8.40. The molecule has 0 saturated heterocycles. The number of hydrogen-bond donors (Lipinski definition) is 0. The molecule has 90 valence electrons. The van der Waals surface area contributed by atoms with E-state index in [1.54, 1.807) is 0 Å². The summed E-state index contributed by atoms with van der Waals surface area (Å²) in [5, 5.41) is 8.57. The molecule has 1 aromatic carbocycles. The number of nitrogens with zero attached hydrogens (tertiary/aromatic N) is 2. The lowest BCUT2D eigenvalue weighted by Crippen LogP contribution is -1.95. The Morgan fingerprint density at radius 3 is 2.82 bits per heavy atom. The van der Waals surface area contributed by atoms with E-state index in [2.05, 4.69) is 10.2 Å². The molecule has 0 radical (unpaired) electrons. The van der Waals surface area contributed by atoms with E-state index in [-0.39, 0.29) is 0 Å². The Hall–Kier alpha value is -1.33. The fourth-order valence-corrected chi connectivity index (χ4v) is 1.91. The predicted octanol–water partition coefficient (Wildman–Crippen LogP) is 2.87. The standard InChI is InChI=1S/C12H14N2O2S/c1-2-15-8-9-17-12-14-13-11(16-12)10-6-4-3-5-7-10/h3-7H,2,8-9H2,1H3. The average Bonchev–Trinajstić information content (AvgIpc) is 2.85. The second-order valence-corrected chi connectivity index (χ2v) is 4.33. The molecule has 0 amide bonds. The number of thioether (sulfide) groups is 1. The largest absolute Gasteiger partial charge is 0.411 e. The maximum atomic E-state index is 5.54. The molecule has 0 aliphatic carbocycles. The summed E-state index contributed by atoms with van der Waals surface area (Å²) in [5.74, 6) is 1.38. The molecule has 0 atom stereocenters. The second kappa shape index (κ2) is 6.42. The van der Waals surface area contributed by atoms with Gasteiger partial charge in [-0.05, 0) is 19.1 Å². The molecule has 2 aromatic rings. The van der Waals surface area contributed by atoms with Gasteiger partial charge in [0, 0.05) is 17.9 Å². The quantitative estimate of drug-likeness (QED) is 0.583. The van der Waals surface area contributed by atoms with Crippen molar-refractivity contribution < 1.29 is 9.15 Å². The molecule has 0 fully saturated rings. The normalized spacial score (nSPS) is 10.6. The van der Waals surface area contributed by atoms with Crippen molar-refractivity contribution in [2.75, 3.05) is 19.0 Å². The highest BCUT2D eigenvalue weighted by Crippen LogP contribution is 2.22. The van der Waals surface area contributed by atoms with E-state index in [0.29, 0.717) is 17.7 Å². The second-order valence-electron chi connectivity index (χ2n) is 3.28.